The lowest BCUT2D eigenvalue weighted by atomic mass is 10.1. The highest BCUT2D eigenvalue weighted by Crippen LogP contribution is 2.25. The number of carbonyl (C=O) groups is 1. The van der Waals surface area contributed by atoms with Crippen LogP contribution in [0.1, 0.15) is 61.3 Å². The zero-order valence-corrected chi connectivity index (χ0v) is 17.3. The number of carbonyl (C=O) groups excluding carboxylic acids is 1. The smallest absolute Gasteiger partial charge is 0.272 e. The summed E-state index contributed by atoms with van der Waals surface area (Å²) in [4.78, 5) is 19.8. The van der Waals surface area contributed by atoms with Gasteiger partial charge in [-0.2, -0.15) is 5.10 Å². The maximum Gasteiger partial charge on any atom is 0.272 e. The molecule has 0 saturated carbocycles. The van der Waals surface area contributed by atoms with Crippen LogP contribution in [0.4, 0.5) is 4.39 Å². The fraction of sp³-hybridized carbons (Fsp3) is 0.435. The lowest BCUT2D eigenvalue weighted by Crippen LogP contribution is -2.38. The number of aryl methyl sites for hydroxylation is 2. The molecule has 3 aromatic rings. The largest absolute Gasteiger partial charge is 0.335 e. The molecule has 1 aliphatic heterocycles. The van der Waals surface area contributed by atoms with E-state index in [0.29, 0.717) is 29.0 Å². The Hall–Kier alpha value is -2.76. The molecule has 0 N–H and O–H groups in total. The van der Waals surface area contributed by atoms with E-state index < -0.39 is 0 Å². The summed E-state index contributed by atoms with van der Waals surface area (Å²) in [5.41, 5.74) is 3.74. The molecule has 6 heteroatoms. The molecule has 0 spiro atoms. The third-order valence-corrected chi connectivity index (χ3v) is 5.80. The highest BCUT2D eigenvalue weighted by Gasteiger charge is 2.25. The second-order valence-electron chi connectivity index (χ2n) is 7.97. The van der Waals surface area contributed by atoms with Crippen LogP contribution in [0.3, 0.4) is 0 Å². The minimum absolute atomic E-state index is 0.0270. The average molecular weight is 394 g/mol. The topological polar surface area (TPSA) is 50.5 Å². The van der Waals surface area contributed by atoms with Crippen molar-refractivity contribution in [3.63, 3.8) is 0 Å². The molecule has 29 heavy (non-hydrogen) atoms. The van der Waals surface area contributed by atoms with Gasteiger partial charge in [-0.15, -0.1) is 0 Å². The van der Waals surface area contributed by atoms with Crippen LogP contribution in [0.2, 0.25) is 0 Å². The van der Waals surface area contributed by atoms with Gasteiger partial charge in [0.2, 0.25) is 0 Å². The molecule has 0 bridgehead atoms. The molecule has 1 aliphatic rings. The van der Waals surface area contributed by atoms with Crippen molar-refractivity contribution in [3.05, 3.63) is 53.1 Å². The quantitative estimate of drug-likeness (QED) is 0.640. The molecule has 1 fully saturated rings. The van der Waals surface area contributed by atoms with Gasteiger partial charge >= 0.3 is 0 Å². The summed E-state index contributed by atoms with van der Waals surface area (Å²) in [5, 5.41) is 4.58. The number of nitrogens with zero attached hydrogens (tertiary/aromatic N) is 4. The summed E-state index contributed by atoms with van der Waals surface area (Å²) in [7, 11) is 0. The fourth-order valence-corrected chi connectivity index (χ4v) is 4.08. The predicted molar refractivity (Wildman–Crippen MR) is 111 cm³/mol. The zero-order chi connectivity index (χ0) is 20.5. The SMILES string of the molecule is CCc1cc(C(=O)N2CCCCC[C@H]2C)nc2cc(-c3ccc(C)cc3F)nn12. The Morgan fingerprint density at radius 2 is 2.03 bits per heavy atom. The van der Waals surface area contributed by atoms with Crippen molar-refractivity contribution in [2.75, 3.05) is 6.54 Å². The Labute approximate surface area is 170 Å². The number of likely N-dealkylation sites (tertiary alicyclic amines) is 1. The van der Waals surface area contributed by atoms with Crippen LogP contribution in [-0.4, -0.2) is 38.0 Å². The number of hydrogen-bond acceptors (Lipinski definition) is 3. The second-order valence-corrected chi connectivity index (χ2v) is 7.97. The Balaban J connectivity index is 1.76. The first kappa shape index (κ1) is 19.6. The van der Waals surface area contributed by atoms with Gasteiger partial charge in [-0.3, -0.25) is 4.79 Å². The Morgan fingerprint density at radius 3 is 2.79 bits per heavy atom. The van der Waals surface area contributed by atoms with E-state index in [-0.39, 0.29) is 17.8 Å². The molecule has 1 saturated heterocycles. The minimum atomic E-state index is -0.304. The van der Waals surface area contributed by atoms with Crippen molar-refractivity contribution in [2.45, 2.75) is 58.9 Å². The van der Waals surface area contributed by atoms with E-state index >= 15 is 0 Å². The first-order valence-corrected chi connectivity index (χ1v) is 10.4. The monoisotopic (exact) mass is 394 g/mol. The van der Waals surface area contributed by atoms with Gasteiger partial charge in [0.1, 0.15) is 11.5 Å². The molecule has 5 nitrogen and oxygen atoms in total. The van der Waals surface area contributed by atoms with E-state index in [0.717, 1.165) is 43.5 Å². The van der Waals surface area contributed by atoms with Crippen molar-refractivity contribution in [1.82, 2.24) is 19.5 Å². The van der Waals surface area contributed by atoms with Gasteiger partial charge in [0.25, 0.3) is 5.91 Å². The third-order valence-electron chi connectivity index (χ3n) is 5.80. The van der Waals surface area contributed by atoms with Crippen molar-refractivity contribution in [1.29, 1.82) is 0 Å². The van der Waals surface area contributed by atoms with Crippen LogP contribution in [0.5, 0.6) is 0 Å². The number of aromatic nitrogens is 3. The van der Waals surface area contributed by atoms with E-state index in [9.17, 15) is 9.18 Å². The van der Waals surface area contributed by atoms with Gasteiger partial charge in [0.15, 0.2) is 5.65 Å². The number of fused-ring (bicyclic) bond motifs is 1. The summed E-state index contributed by atoms with van der Waals surface area (Å²) < 4.78 is 16.2. The summed E-state index contributed by atoms with van der Waals surface area (Å²) >= 11 is 0. The standard InChI is InChI=1S/C23H27FN4O/c1-4-17-13-21(23(29)27-11-7-5-6-8-16(27)3)25-22-14-20(26-28(17)22)18-10-9-15(2)12-19(18)24/h9-10,12-14,16H,4-8,11H2,1-3H3/t16-/m1/s1. The molecular weight excluding hydrogens is 367 g/mol. The first-order chi connectivity index (χ1) is 14.0. The highest BCUT2D eigenvalue weighted by atomic mass is 19.1. The lowest BCUT2D eigenvalue weighted by molar-refractivity contribution is 0.0692. The maximum absolute atomic E-state index is 14.4. The van der Waals surface area contributed by atoms with E-state index in [1.165, 1.54) is 6.07 Å². The molecule has 0 radical (unpaired) electrons. The van der Waals surface area contributed by atoms with Crippen molar-refractivity contribution in [3.8, 4) is 11.3 Å². The predicted octanol–water partition coefficient (Wildman–Crippen LogP) is 4.81. The van der Waals surface area contributed by atoms with Crippen LogP contribution in [0.25, 0.3) is 16.9 Å². The highest BCUT2D eigenvalue weighted by molar-refractivity contribution is 5.93. The van der Waals surface area contributed by atoms with E-state index in [1.807, 2.05) is 30.9 Å². The van der Waals surface area contributed by atoms with Crippen molar-refractivity contribution in [2.24, 2.45) is 0 Å². The van der Waals surface area contributed by atoms with Gasteiger partial charge in [-0.05, 0) is 56.9 Å². The van der Waals surface area contributed by atoms with Gasteiger partial charge in [-0.1, -0.05) is 25.8 Å². The summed E-state index contributed by atoms with van der Waals surface area (Å²) in [6.07, 6.45) is 5.08. The van der Waals surface area contributed by atoms with E-state index in [4.69, 9.17) is 0 Å². The van der Waals surface area contributed by atoms with Crippen LogP contribution < -0.4 is 0 Å². The molecule has 1 amide bonds. The van der Waals surface area contributed by atoms with Gasteiger partial charge < -0.3 is 4.90 Å². The van der Waals surface area contributed by atoms with Crippen molar-refractivity contribution < 1.29 is 9.18 Å². The van der Waals surface area contributed by atoms with E-state index in [2.05, 4.69) is 17.0 Å². The number of hydrogen-bond donors (Lipinski definition) is 0. The molecule has 1 aromatic carbocycles. The normalized spacial score (nSPS) is 17.5. The molecule has 152 valence electrons. The van der Waals surface area contributed by atoms with Crippen LogP contribution >= 0.6 is 0 Å². The van der Waals surface area contributed by atoms with Crippen LogP contribution in [-0.2, 0) is 6.42 Å². The summed E-state index contributed by atoms with van der Waals surface area (Å²) in [6.45, 7) is 6.76. The number of halogens is 1. The Kier molecular flexibility index (Phi) is 5.35. The molecular formula is C23H27FN4O. The van der Waals surface area contributed by atoms with Gasteiger partial charge in [-0.25, -0.2) is 13.9 Å². The minimum Gasteiger partial charge on any atom is -0.335 e. The number of rotatable bonds is 3. The Morgan fingerprint density at radius 1 is 1.21 bits per heavy atom. The average Bonchev–Trinajstić information content (AvgIpc) is 3.01. The molecule has 4 rings (SSSR count). The molecule has 1 atom stereocenters. The number of benzene rings is 1. The Bertz CT molecular complexity index is 1060. The molecule has 0 unspecified atom stereocenters. The van der Waals surface area contributed by atoms with Crippen LogP contribution in [0, 0.1) is 12.7 Å². The summed E-state index contributed by atoms with van der Waals surface area (Å²) in [6, 6.07) is 8.92. The maximum atomic E-state index is 14.4. The zero-order valence-electron chi connectivity index (χ0n) is 17.3. The lowest BCUT2D eigenvalue weighted by Gasteiger charge is -2.27. The summed E-state index contributed by atoms with van der Waals surface area (Å²) in [5.74, 6) is -0.331. The molecule has 0 aliphatic carbocycles. The fourth-order valence-electron chi connectivity index (χ4n) is 4.08. The van der Waals surface area contributed by atoms with Crippen LogP contribution in [0.15, 0.2) is 30.3 Å². The molecule has 2 aromatic heterocycles. The van der Waals surface area contributed by atoms with Gasteiger partial charge in [0.05, 0.1) is 5.69 Å². The van der Waals surface area contributed by atoms with Gasteiger partial charge in [0, 0.05) is 29.9 Å². The first-order valence-electron chi connectivity index (χ1n) is 10.4. The second kappa shape index (κ2) is 7.93. The number of amides is 1. The third kappa shape index (κ3) is 3.76. The van der Waals surface area contributed by atoms with E-state index in [1.54, 1.807) is 16.6 Å². The van der Waals surface area contributed by atoms with Crippen molar-refractivity contribution >= 4 is 11.6 Å². The molecule has 3 heterocycles.